The molecule has 0 aromatic rings. The van der Waals surface area contributed by atoms with Gasteiger partial charge in [-0.15, -0.1) is 0 Å². The van der Waals surface area contributed by atoms with E-state index in [0.29, 0.717) is 30.9 Å². The van der Waals surface area contributed by atoms with Gasteiger partial charge in [0.15, 0.2) is 0 Å². The van der Waals surface area contributed by atoms with E-state index >= 15 is 0 Å². The summed E-state index contributed by atoms with van der Waals surface area (Å²) in [6, 6.07) is 0. The second-order valence-corrected chi connectivity index (χ2v) is 15.0. The molecule has 0 aromatic carbocycles. The number of fused-ring (bicyclic) bond motifs is 1. The second-order valence-electron chi connectivity index (χ2n) is 13.7. The molecule has 0 radical (unpaired) electrons. The predicted molar refractivity (Wildman–Crippen MR) is 204 cm³/mol. The minimum Gasteiger partial charge on any atom is -0.481 e. The summed E-state index contributed by atoms with van der Waals surface area (Å²) < 4.78 is 16.4. The van der Waals surface area contributed by atoms with Crippen LogP contribution in [0.5, 0.6) is 0 Å². The number of ether oxygens (including phenoxy) is 3. The highest BCUT2D eigenvalue weighted by molar-refractivity contribution is 7.80. The van der Waals surface area contributed by atoms with Gasteiger partial charge in [0.2, 0.25) is 11.8 Å². The SMILES string of the molecule is CCC1OC(C(C(=O)O)C(C)C(=O)NCCS)CC(C(=O)NCCS)C1C(=O)O.CCC1OC(C2C(=O)OC(=O)C2C)CC2C(=O)CC(=O)C12.NCCS. The van der Waals surface area contributed by atoms with Crippen LogP contribution in [-0.4, -0.2) is 119 Å². The molecule has 3 aliphatic heterocycles. The van der Waals surface area contributed by atoms with Crippen molar-refractivity contribution in [1.82, 2.24) is 10.6 Å². The molecule has 0 spiro atoms. The fourth-order valence-electron chi connectivity index (χ4n) is 7.58. The second kappa shape index (κ2) is 22.7. The highest BCUT2D eigenvalue weighted by Gasteiger charge is 2.56. The van der Waals surface area contributed by atoms with Gasteiger partial charge in [0.25, 0.3) is 0 Å². The lowest BCUT2D eigenvalue weighted by molar-refractivity contribution is -0.184. The molecule has 54 heavy (non-hydrogen) atoms. The van der Waals surface area contributed by atoms with Crippen LogP contribution in [-0.2, 0) is 52.6 Å². The number of rotatable bonds is 14. The number of nitrogens with two attached hydrogens (primary N) is 1. The lowest BCUT2D eigenvalue weighted by Crippen LogP contribution is -2.54. The quantitative estimate of drug-likeness (QED) is 0.0687. The third kappa shape index (κ3) is 11.9. The van der Waals surface area contributed by atoms with Gasteiger partial charge in [-0.3, -0.25) is 38.4 Å². The molecule has 4 aliphatic rings. The first-order valence-electron chi connectivity index (χ1n) is 18.2. The van der Waals surface area contributed by atoms with Crippen molar-refractivity contribution < 1.29 is 62.8 Å². The first kappa shape index (κ1) is 47.4. The number of carbonyl (C=O) groups excluding carboxylic acids is 6. The van der Waals surface area contributed by atoms with E-state index in [1.807, 2.05) is 6.92 Å². The number of hydrogen-bond acceptors (Lipinski definition) is 15. The lowest BCUT2D eigenvalue weighted by Gasteiger charge is -2.42. The van der Waals surface area contributed by atoms with Gasteiger partial charge in [0.1, 0.15) is 11.6 Å². The van der Waals surface area contributed by atoms with Crippen LogP contribution in [0.25, 0.3) is 0 Å². The van der Waals surface area contributed by atoms with E-state index in [1.54, 1.807) is 13.8 Å². The molecule has 16 nitrogen and oxygen atoms in total. The summed E-state index contributed by atoms with van der Waals surface area (Å²) >= 11 is 11.8. The average Bonchev–Trinajstić information content (AvgIpc) is 3.58. The summed E-state index contributed by atoms with van der Waals surface area (Å²) in [6.45, 7) is 7.96. The van der Waals surface area contributed by atoms with Crippen LogP contribution in [0.1, 0.15) is 59.8 Å². The number of amides is 2. The van der Waals surface area contributed by atoms with Crippen molar-refractivity contribution >= 4 is 85.1 Å². The molecule has 4 rings (SSSR count). The molecule has 0 bridgehead atoms. The summed E-state index contributed by atoms with van der Waals surface area (Å²) in [6.07, 6.45) is -1.63. The summed E-state index contributed by atoms with van der Waals surface area (Å²) in [7, 11) is 0. The summed E-state index contributed by atoms with van der Waals surface area (Å²) in [4.78, 5) is 96.1. The van der Waals surface area contributed by atoms with Crippen LogP contribution < -0.4 is 16.4 Å². The van der Waals surface area contributed by atoms with Crippen molar-refractivity contribution in [1.29, 1.82) is 0 Å². The Morgan fingerprint density at radius 1 is 0.852 bits per heavy atom. The van der Waals surface area contributed by atoms with Crippen molar-refractivity contribution in [3.05, 3.63) is 0 Å². The van der Waals surface area contributed by atoms with Gasteiger partial charge in [-0.2, -0.15) is 37.9 Å². The predicted octanol–water partition coefficient (Wildman–Crippen LogP) is 0.839. The Bertz CT molecular complexity index is 1370. The number of hydrogen-bond donors (Lipinski definition) is 8. The molecule has 306 valence electrons. The number of ketones is 2. The van der Waals surface area contributed by atoms with Gasteiger partial charge in [-0.05, 0) is 25.7 Å². The number of nitrogens with one attached hydrogen (secondary N) is 2. The molecule has 3 heterocycles. The lowest BCUT2D eigenvalue weighted by atomic mass is 9.74. The molecule has 0 aromatic heterocycles. The van der Waals surface area contributed by atoms with Crippen molar-refractivity contribution in [3.63, 3.8) is 0 Å². The molecule has 19 heteroatoms. The molecule has 12 atom stereocenters. The number of thiol groups is 3. The van der Waals surface area contributed by atoms with E-state index < -0.39 is 89.5 Å². The van der Waals surface area contributed by atoms with Crippen LogP contribution in [0.4, 0.5) is 0 Å². The van der Waals surface area contributed by atoms with E-state index in [1.165, 1.54) is 6.92 Å². The first-order valence-corrected chi connectivity index (χ1v) is 20.1. The van der Waals surface area contributed by atoms with Gasteiger partial charge >= 0.3 is 23.9 Å². The maximum atomic E-state index is 12.6. The molecule has 4 fully saturated rings. The van der Waals surface area contributed by atoms with Crippen LogP contribution in [0, 0.1) is 47.3 Å². The molecule has 3 saturated heterocycles. The van der Waals surface area contributed by atoms with E-state index in [4.69, 9.17) is 15.2 Å². The Balaban J connectivity index is 0.000000351. The highest BCUT2D eigenvalue weighted by Crippen LogP contribution is 2.44. The fraction of sp³-hybridized carbons (Fsp3) is 0.771. The Kier molecular flexibility index (Phi) is 20.0. The molecule has 2 amide bonds. The van der Waals surface area contributed by atoms with Gasteiger partial charge in [0, 0.05) is 42.8 Å². The van der Waals surface area contributed by atoms with E-state index in [0.717, 1.165) is 5.75 Å². The Morgan fingerprint density at radius 3 is 1.93 bits per heavy atom. The van der Waals surface area contributed by atoms with Gasteiger partial charge in [0.05, 0.1) is 72.3 Å². The number of carboxylic acid groups (broad SMARTS) is 2. The summed E-state index contributed by atoms with van der Waals surface area (Å²) in [5, 5.41) is 24.7. The molecular weight excluding hydrogens is 767 g/mol. The van der Waals surface area contributed by atoms with Crippen molar-refractivity contribution in [3.8, 4) is 0 Å². The largest absolute Gasteiger partial charge is 0.481 e. The van der Waals surface area contributed by atoms with Crippen molar-refractivity contribution in [2.75, 3.05) is 36.9 Å². The van der Waals surface area contributed by atoms with Crippen LogP contribution in [0.3, 0.4) is 0 Å². The van der Waals surface area contributed by atoms with Gasteiger partial charge in [-0.25, -0.2) is 0 Å². The van der Waals surface area contributed by atoms with Crippen LogP contribution in [0.15, 0.2) is 0 Å². The monoisotopic (exact) mass is 821 g/mol. The molecule has 12 unspecified atom stereocenters. The van der Waals surface area contributed by atoms with Crippen LogP contribution >= 0.6 is 37.9 Å². The zero-order valence-electron chi connectivity index (χ0n) is 31.0. The van der Waals surface area contributed by atoms with E-state index in [-0.39, 0.29) is 61.9 Å². The van der Waals surface area contributed by atoms with E-state index in [2.05, 4.69) is 53.3 Å². The zero-order chi connectivity index (χ0) is 40.9. The smallest absolute Gasteiger partial charge is 0.320 e. The normalized spacial score (nSPS) is 31.4. The average molecular weight is 822 g/mol. The number of esters is 2. The Labute approximate surface area is 331 Å². The molecule has 1 saturated carbocycles. The maximum Gasteiger partial charge on any atom is 0.320 e. The van der Waals surface area contributed by atoms with Crippen LogP contribution in [0.2, 0.25) is 0 Å². The topological polar surface area (TPSA) is 255 Å². The Hall–Kier alpha value is -2.71. The third-order valence-electron chi connectivity index (χ3n) is 10.3. The molecule has 6 N–H and O–H groups in total. The maximum absolute atomic E-state index is 12.6. The number of cyclic esters (lactones) is 2. The van der Waals surface area contributed by atoms with Gasteiger partial charge in [-0.1, -0.05) is 27.7 Å². The summed E-state index contributed by atoms with van der Waals surface area (Å²) in [5.41, 5.74) is 4.95. The number of aliphatic carboxylic acids is 2. The van der Waals surface area contributed by atoms with E-state index in [9.17, 15) is 48.6 Å². The number of carboxylic acids is 2. The molecular formula is C35H55N3O13S3. The zero-order valence-corrected chi connectivity index (χ0v) is 33.7. The fourth-order valence-corrected chi connectivity index (χ4v) is 7.81. The minimum atomic E-state index is -1.23. The Morgan fingerprint density at radius 2 is 1.44 bits per heavy atom. The minimum absolute atomic E-state index is 0.0362. The van der Waals surface area contributed by atoms with Crippen molar-refractivity contribution in [2.45, 2.75) is 84.2 Å². The van der Waals surface area contributed by atoms with Crippen molar-refractivity contribution in [2.24, 2.45) is 53.1 Å². The number of carbonyl (C=O) groups is 8. The first-order chi connectivity index (χ1) is 25.5. The standard InChI is InChI=1S/C18H30N2O7S2.C15H18O6.C2H7NS/c1-3-11-14(18(25)26)10(16(22)20-5-7-29)8-12(27-11)13(17(23)24)9(2)15(21)19-4-6-28;1-3-10-13-7(8(16)5-9(13)17)4-11(20-10)12-6(2)14(18)21-15(12)19;3-1-2-4/h9-14,28-29H,3-8H2,1-2H3,(H,19,21)(H,20,22)(H,23,24)(H,25,26);6-7,10-13H,3-5H2,1-2H3;4H,1-3H2. The van der Waals surface area contributed by atoms with Gasteiger partial charge < -0.3 is 40.8 Å². The summed E-state index contributed by atoms with van der Waals surface area (Å²) in [5.74, 6) is -9.24. The highest BCUT2D eigenvalue weighted by atomic mass is 32.1. The molecule has 1 aliphatic carbocycles. The third-order valence-corrected chi connectivity index (χ3v) is 11.0. The number of Topliss-reactive ketones (excluding diaryl/α,β-unsaturated/α-hetero) is 2.